The highest BCUT2D eigenvalue weighted by Gasteiger charge is 2.36. The number of ether oxygens (including phenoxy) is 1. The van der Waals surface area contributed by atoms with Crippen LogP contribution in [-0.4, -0.2) is 33.9 Å². The van der Waals surface area contributed by atoms with E-state index in [0.29, 0.717) is 12.0 Å². The summed E-state index contributed by atoms with van der Waals surface area (Å²) in [6.45, 7) is 1.55. The van der Waals surface area contributed by atoms with E-state index in [9.17, 15) is 9.59 Å². The van der Waals surface area contributed by atoms with E-state index in [4.69, 9.17) is 15.4 Å². The van der Waals surface area contributed by atoms with E-state index in [1.54, 1.807) is 6.92 Å². The number of aliphatic hydroxyl groups is 1. The van der Waals surface area contributed by atoms with E-state index in [2.05, 4.69) is 15.0 Å². The maximum Gasteiger partial charge on any atom is 0.330 e. The number of aromatic nitrogens is 2. The first kappa shape index (κ1) is 14.3. The third-order valence-electron chi connectivity index (χ3n) is 3.30. The lowest BCUT2D eigenvalue weighted by molar-refractivity contribution is -0.0345. The van der Waals surface area contributed by atoms with Crippen molar-refractivity contribution in [3.63, 3.8) is 0 Å². The van der Waals surface area contributed by atoms with E-state index < -0.39 is 23.6 Å². The number of nitrogens with zero attached hydrogens (tertiary/aromatic N) is 4. The molecule has 1 aromatic rings. The van der Waals surface area contributed by atoms with Crippen LogP contribution in [-0.2, 0) is 4.74 Å². The Balaban J connectivity index is 2.38. The molecular formula is C11H15N5O4. The first-order valence-corrected chi connectivity index (χ1v) is 6.16. The van der Waals surface area contributed by atoms with E-state index in [1.807, 2.05) is 0 Å². The second kappa shape index (κ2) is 5.91. The molecule has 2 rings (SSSR count). The lowest BCUT2D eigenvalue weighted by atomic mass is 10.0. The van der Waals surface area contributed by atoms with Crippen molar-refractivity contribution in [2.24, 2.45) is 11.0 Å². The summed E-state index contributed by atoms with van der Waals surface area (Å²) in [6.07, 6.45) is 0.804. The summed E-state index contributed by atoms with van der Waals surface area (Å²) < 4.78 is 6.86. The molecule has 1 aliphatic heterocycles. The standard InChI is InChI=1S/C11H15N5O4/c1-6-4-16(11(19)14-9(6)18)10-7(3-13-15-12)2-8(5-17)20-10/h4,7-8,10,17H,2-3,5H2,1H3,(H,14,18,19)/t7-,8-,10+/m0/s1. The van der Waals surface area contributed by atoms with Gasteiger partial charge in [0.25, 0.3) is 5.56 Å². The fourth-order valence-corrected chi connectivity index (χ4v) is 2.31. The van der Waals surface area contributed by atoms with Crippen molar-refractivity contribution in [1.29, 1.82) is 0 Å². The average Bonchev–Trinajstić information content (AvgIpc) is 2.83. The number of nitrogens with one attached hydrogen (secondary N) is 1. The first-order valence-electron chi connectivity index (χ1n) is 6.16. The fourth-order valence-electron chi connectivity index (χ4n) is 2.31. The van der Waals surface area contributed by atoms with Gasteiger partial charge in [0.05, 0.1) is 12.7 Å². The largest absolute Gasteiger partial charge is 0.394 e. The molecule has 0 saturated carbocycles. The second-order valence-electron chi connectivity index (χ2n) is 4.72. The summed E-state index contributed by atoms with van der Waals surface area (Å²) in [6, 6.07) is 0. The minimum Gasteiger partial charge on any atom is -0.394 e. The van der Waals surface area contributed by atoms with Gasteiger partial charge in [0.1, 0.15) is 6.23 Å². The molecule has 0 aromatic carbocycles. The van der Waals surface area contributed by atoms with E-state index in [1.165, 1.54) is 10.8 Å². The Kier molecular flexibility index (Phi) is 4.23. The summed E-state index contributed by atoms with van der Waals surface area (Å²) in [5.41, 5.74) is 7.73. The quantitative estimate of drug-likeness (QED) is 0.458. The van der Waals surface area contributed by atoms with Gasteiger partial charge >= 0.3 is 5.69 Å². The summed E-state index contributed by atoms with van der Waals surface area (Å²) in [5.74, 6) is -0.231. The molecule has 9 nitrogen and oxygen atoms in total. The van der Waals surface area contributed by atoms with Gasteiger partial charge in [0.2, 0.25) is 0 Å². The van der Waals surface area contributed by atoms with E-state index in [0.717, 1.165) is 0 Å². The molecule has 1 aliphatic rings. The number of aryl methyl sites for hydroxylation is 1. The van der Waals surface area contributed by atoms with Crippen LogP contribution in [0.2, 0.25) is 0 Å². The van der Waals surface area contributed by atoms with Crippen LogP contribution in [0.25, 0.3) is 10.4 Å². The third kappa shape index (κ3) is 2.74. The average molecular weight is 281 g/mol. The SMILES string of the molecule is Cc1cn([C@@H]2O[C@H](CO)C[C@H]2CN=[N+]=[N-])c(=O)[nH]c1=O. The fraction of sp³-hybridized carbons (Fsp3) is 0.636. The normalized spacial score (nSPS) is 25.4. The molecule has 0 unspecified atom stereocenters. The molecule has 1 saturated heterocycles. The first-order chi connectivity index (χ1) is 9.56. The lowest BCUT2D eigenvalue weighted by Gasteiger charge is -2.19. The molecule has 0 amide bonds. The van der Waals surface area contributed by atoms with Crippen molar-refractivity contribution in [3.05, 3.63) is 43.0 Å². The Morgan fingerprint density at radius 3 is 3.05 bits per heavy atom. The summed E-state index contributed by atoms with van der Waals surface area (Å²) >= 11 is 0. The monoisotopic (exact) mass is 281 g/mol. The molecule has 2 N–H and O–H groups in total. The Bertz CT molecular complexity index is 645. The maximum absolute atomic E-state index is 11.9. The van der Waals surface area contributed by atoms with Crippen LogP contribution in [0.3, 0.4) is 0 Å². The molecule has 108 valence electrons. The molecule has 20 heavy (non-hydrogen) atoms. The van der Waals surface area contributed by atoms with Gasteiger partial charge in [0, 0.05) is 29.1 Å². The molecular weight excluding hydrogens is 266 g/mol. The highest BCUT2D eigenvalue weighted by atomic mass is 16.5. The molecule has 1 fully saturated rings. The van der Waals surface area contributed by atoms with Gasteiger partial charge in [-0.3, -0.25) is 14.3 Å². The molecule has 0 spiro atoms. The van der Waals surface area contributed by atoms with Crippen molar-refractivity contribution in [2.75, 3.05) is 13.2 Å². The summed E-state index contributed by atoms with van der Waals surface area (Å²) in [4.78, 5) is 28.1. The van der Waals surface area contributed by atoms with Crippen molar-refractivity contribution in [3.8, 4) is 0 Å². The maximum atomic E-state index is 11.9. The third-order valence-corrected chi connectivity index (χ3v) is 3.30. The smallest absolute Gasteiger partial charge is 0.330 e. The van der Waals surface area contributed by atoms with E-state index in [-0.39, 0.29) is 19.1 Å². The molecule has 0 aliphatic carbocycles. The van der Waals surface area contributed by atoms with Crippen molar-refractivity contribution in [2.45, 2.75) is 25.7 Å². The number of H-pyrrole nitrogens is 1. The number of aliphatic hydroxyl groups excluding tert-OH is 1. The highest BCUT2D eigenvalue weighted by Crippen LogP contribution is 2.33. The van der Waals surface area contributed by atoms with Gasteiger partial charge in [-0.2, -0.15) is 0 Å². The van der Waals surface area contributed by atoms with Crippen LogP contribution >= 0.6 is 0 Å². The highest BCUT2D eigenvalue weighted by molar-refractivity contribution is 5.02. The molecule has 1 aromatic heterocycles. The number of hydrogen-bond acceptors (Lipinski definition) is 5. The van der Waals surface area contributed by atoms with Crippen LogP contribution in [0.15, 0.2) is 20.9 Å². The van der Waals surface area contributed by atoms with Crippen molar-refractivity contribution < 1.29 is 9.84 Å². The molecule has 3 atom stereocenters. The molecule has 0 bridgehead atoms. The number of aromatic amines is 1. The van der Waals surface area contributed by atoms with Crippen LogP contribution in [0.4, 0.5) is 0 Å². The minimum atomic E-state index is -0.666. The van der Waals surface area contributed by atoms with Crippen LogP contribution in [0, 0.1) is 12.8 Å². The van der Waals surface area contributed by atoms with Crippen molar-refractivity contribution in [1.82, 2.24) is 9.55 Å². The van der Waals surface area contributed by atoms with Gasteiger partial charge < -0.3 is 9.84 Å². The van der Waals surface area contributed by atoms with Crippen LogP contribution in [0.5, 0.6) is 0 Å². The lowest BCUT2D eigenvalue weighted by Crippen LogP contribution is -2.35. The predicted molar refractivity (Wildman–Crippen MR) is 69.2 cm³/mol. The zero-order valence-electron chi connectivity index (χ0n) is 10.9. The Morgan fingerprint density at radius 2 is 2.40 bits per heavy atom. The summed E-state index contributed by atoms with van der Waals surface area (Å²) in [5, 5.41) is 12.7. The van der Waals surface area contributed by atoms with Gasteiger partial charge in [-0.05, 0) is 18.9 Å². The molecule has 2 heterocycles. The van der Waals surface area contributed by atoms with Crippen LogP contribution < -0.4 is 11.2 Å². The Hall–Kier alpha value is -2.09. The van der Waals surface area contributed by atoms with E-state index >= 15 is 0 Å². The predicted octanol–water partition coefficient (Wildman–Crippen LogP) is 0.0513. The molecule has 0 radical (unpaired) electrons. The number of rotatable bonds is 4. The Labute approximate surface area is 113 Å². The van der Waals surface area contributed by atoms with Gasteiger partial charge in [-0.25, -0.2) is 4.79 Å². The van der Waals surface area contributed by atoms with Gasteiger partial charge in [-0.1, -0.05) is 5.11 Å². The number of azide groups is 1. The Morgan fingerprint density at radius 1 is 1.65 bits per heavy atom. The zero-order chi connectivity index (χ0) is 14.7. The van der Waals surface area contributed by atoms with Gasteiger partial charge in [0.15, 0.2) is 0 Å². The summed E-state index contributed by atoms with van der Waals surface area (Å²) in [7, 11) is 0. The van der Waals surface area contributed by atoms with Crippen molar-refractivity contribution >= 4 is 0 Å². The topological polar surface area (TPSA) is 133 Å². The zero-order valence-corrected chi connectivity index (χ0v) is 10.9. The number of hydrogen-bond donors (Lipinski definition) is 2. The second-order valence-corrected chi connectivity index (χ2v) is 4.72. The van der Waals surface area contributed by atoms with Gasteiger partial charge in [-0.15, -0.1) is 0 Å². The van der Waals surface area contributed by atoms with Crippen LogP contribution in [0.1, 0.15) is 18.2 Å². The minimum absolute atomic E-state index is 0.155. The molecule has 9 heteroatoms.